The lowest BCUT2D eigenvalue weighted by Crippen LogP contribution is -2.50. The maximum Gasteiger partial charge on any atom is 0.309 e. The Hall–Kier alpha value is -0.530. The summed E-state index contributed by atoms with van der Waals surface area (Å²) in [4.78, 5) is 11.7. The second-order valence-electron chi connectivity index (χ2n) is 6.72. The summed E-state index contributed by atoms with van der Waals surface area (Å²) in [6.07, 6.45) is 4.95. The van der Waals surface area contributed by atoms with Crippen LogP contribution in [0, 0.1) is 22.7 Å². The predicted octanol–water partition coefficient (Wildman–Crippen LogP) is 2.76. The maximum absolute atomic E-state index is 11.7. The molecule has 2 heteroatoms. The van der Waals surface area contributed by atoms with Gasteiger partial charge in [-0.15, -0.1) is 0 Å². The SMILES string of the molecule is CC(C)(C)C12CCC3C(C1)OC(=O)C3C2. The Labute approximate surface area is 91.4 Å². The Balaban J connectivity index is 1.99. The van der Waals surface area contributed by atoms with Crippen LogP contribution < -0.4 is 0 Å². The number of esters is 1. The second-order valence-corrected chi connectivity index (χ2v) is 6.72. The molecule has 4 fully saturated rings. The van der Waals surface area contributed by atoms with Crippen molar-refractivity contribution in [2.45, 2.75) is 52.6 Å². The second kappa shape index (κ2) is 2.58. The van der Waals surface area contributed by atoms with E-state index in [1.54, 1.807) is 0 Å². The minimum atomic E-state index is 0.0934. The van der Waals surface area contributed by atoms with Crippen LogP contribution in [-0.2, 0) is 9.53 Å². The van der Waals surface area contributed by atoms with Crippen LogP contribution in [0.1, 0.15) is 46.5 Å². The molecule has 84 valence electrons. The fraction of sp³-hybridized carbons (Fsp3) is 0.923. The van der Waals surface area contributed by atoms with Gasteiger partial charge < -0.3 is 4.74 Å². The first-order valence-electron chi connectivity index (χ1n) is 6.13. The van der Waals surface area contributed by atoms with Crippen LogP contribution in [0.3, 0.4) is 0 Å². The average Bonchev–Trinajstić information content (AvgIpc) is 2.37. The van der Waals surface area contributed by atoms with Gasteiger partial charge in [-0.2, -0.15) is 0 Å². The fourth-order valence-corrected chi connectivity index (χ4v) is 4.10. The first kappa shape index (κ1) is 9.68. The summed E-state index contributed by atoms with van der Waals surface area (Å²) in [5.41, 5.74) is 0.673. The van der Waals surface area contributed by atoms with Gasteiger partial charge in [0.15, 0.2) is 0 Å². The van der Waals surface area contributed by atoms with E-state index >= 15 is 0 Å². The van der Waals surface area contributed by atoms with Gasteiger partial charge in [0.05, 0.1) is 5.92 Å². The average molecular weight is 208 g/mol. The summed E-state index contributed by atoms with van der Waals surface area (Å²) >= 11 is 0. The Morgan fingerprint density at radius 1 is 1.33 bits per heavy atom. The minimum Gasteiger partial charge on any atom is -0.462 e. The predicted molar refractivity (Wildman–Crippen MR) is 57.2 cm³/mol. The quantitative estimate of drug-likeness (QED) is 0.572. The van der Waals surface area contributed by atoms with Crippen LogP contribution in [0.15, 0.2) is 0 Å². The zero-order chi connectivity index (χ0) is 10.8. The number of hydrogen-bond donors (Lipinski definition) is 0. The number of fused-ring (bicyclic) bond motifs is 1. The molecule has 0 aromatic rings. The van der Waals surface area contributed by atoms with Gasteiger partial charge in [-0.1, -0.05) is 20.8 Å². The highest BCUT2D eigenvalue weighted by Crippen LogP contribution is 2.63. The molecule has 0 aromatic heterocycles. The molecule has 2 nitrogen and oxygen atoms in total. The van der Waals surface area contributed by atoms with Gasteiger partial charge in [-0.3, -0.25) is 4.79 Å². The van der Waals surface area contributed by atoms with Crippen LogP contribution in [0.2, 0.25) is 0 Å². The number of ether oxygens (including phenoxy) is 1. The lowest BCUT2D eigenvalue weighted by Gasteiger charge is -2.55. The van der Waals surface area contributed by atoms with Gasteiger partial charge in [0, 0.05) is 5.92 Å². The van der Waals surface area contributed by atoms with E-state index in [2.05, 4.69) is 20.8 Å². The summed E-state index contributed by atoms with van der Waals surface area (Å²) in [6, 6.07) is 0. The molecule has 1 saturated heterocycles. The third-order valence-corrected chi connectivity index (χ3v) is 5.31. The highest BCUT2D eigenvalue weighted by molar-refractivity contribution is 5.76. The molecule has 4 atom stereocenters. The van der Waals surface area contributed by atoms with Crippen molar-refractivity contribution in [2.24, 2.45) is 22.7 Å². The molecule has 0 spiro atoms. The lowest BCUT2D eigenvalue weighted by atomic mass is 9.48. The third-order valence-electron chi connectivity index (χ3n) is 5.31. The van der Waals surface area contributed by atoms with E-state index < -0.39 is 0 Å². The van der Waals surface area contributed by atoms with Crippen molar-refractivity contribution >= 4 is 5.97 Å². The van der Waals surface area contributed by atoms with Crippen molar-refractivity contribution in [1.29, 1.82) is 0 Å². The first-order valence-corrected chi connectivity index (χ1v) is 6.13. The molecule has 1 aliphatic heterocycles. The fourth-order valence-electron chi connectivity index (χ4n) is 4.10. The number of carbonyl (C=O) groups is 1. The van der Waals surface area contributed by atoms with Crippen molar-refractivity contribution in [2.75, 3.05) is 0 Å². The van der Waals surface area contributed by atoms with E-state index in [1.807, 2.05) is 0 Å². The van der Waals surface area contributed by atoms with Crippen molar-refractivity contribution in [1.82, 2.24) is 0 Å². The molecular formula is C13H20O2. The van der Waals surface area contributed by atoms with Crippen LogP contribution in [0.4, 0.5) is 0 Å². The normalized spacial score (nSPS) is 48.2. The molecule has 4 rings (SSSR count). The summed E-state index contributed by atoms with van der Waals surface area (Å²) in [5, 5.41) is 0. The van der Waals surface area contributed by atoms with Gasteiger partial charge in [-0.05, 0) is 36.5 Å². The van der Waals surface area contributed by atoms with Gasteiger partial charge in [0.1, 0.15) is 6.10 Å². The molecule has 15 heavy (non-hydrogen) atoms. The van der Waals surface area contributed by atoms with Crippen LogP contribution in [0.25, 0.3) is 0 Å². The van der Waals surface area contributed by atoms with Crippen molar-refractivity contribution in [3.8, 4) is 0 Å². The monoisotopic (exact) mass is 208 g/mol. The molecular weight excluding hydrogens is 188 g/mol. The van der Waals surface area contributed by atoms with Crippen molar-refractivity contribution < 1.29 is 9.53 Å². The van der Waals surface area contributed by atoms with Gasteiger partial charge in [0.2, 0.25) is 0 Å². The molecule has 4 unspecified atom stereocenters. The van der Waals surface area contributed by atoms with Gasteiger partial charge in [0.25, 0.3) is 0 Å². The molecule has 3 aliphatic carbocycles. The molecule has 0 radical (unpaired) electrons. The van der Waals surface area contributed by atoms with Gasteiger partial charge >= 0.3 is 5.97 Å². The number of hydrogen-bond acceptors (Lipinski definition) is 2. The van der Waals surface area contributed by atoms with Crippen LogP contribution >= 0.6 is 0 Å². The largest absolute Gasteiger partial charge is 0.462 e. The Bertz CT molecular complexity index is 315. The summed E-state index contributed by atoms with van der Waals surface area (Å²) in [5.74, 6) is 0.884. The molecule has 4 aliphatic rings. The maximum atomic E-state index is 11.7. The molecule has 0 N–H and O–H groups in total. The topological polar surface area (TPSA) is 26.3 Å². The zero-order valence-corrected chi connectivity index (χ0v) is 9.88. The minimum absolute atomic E-state index is 0.0934. The van der Waals surface area contributed by atoms with E-state index in [0.717, 1.165) is 12.8 Å². The van der Waals surface area contributed by atoms with Crippen LogP contribution in [0.5, 0.6) is 0 Å². The first-order chi connectivity index (χ1) is 6.93. The van der Waals surface area contributed by atoms with E-state index in [0.29, 0.717) is 16.7 Å². The number of carbonyl (C=O) groups excluding carboxylic acids is 1. The Morgan fingerprint density at radius 2 is 2.07 bits per heavy atom. The summed E-state index contributed by atoms with van der Waals surface area (Å²) in [6.45, 7) is 6.97. The highest BCUT2D eigenvalue weighted by atomic mass is 16.6. The van der Waals surface area contributed by atoms with Crippen LogP contribution in [-0.4, -0.2) is 12.1 Å². The summed E-state index contributed by atoms with van der Waals surface area (Å²) in [7, 11) is 0. The van der Waals surface area contributed by atoms with Crippen molar-refractivity contribution in [3.63, 3.8) is 0 Å². The van der Waals surface area contributed by atoms with E-state index in [-0.39, 0.29) is 18.0 Å². The smallest absolute Gasteiger partial charge is 0.309 e. The molecule has 4 bridgehead atoms. The third kappa shape index (κ3) is 1.08. The lowest BCUT2D eigenvalue weighted by molar-refractivity contribution is -0.143. The Morgan fingerprint density at radius 3 is 2.67 bits per heavy atom. The standard InChI is InChI=1S/C13H20O2/c1-12(2,3)13-5-4-8-9(6-13)11(14)15-10(8)7-13/h8-10H,4-7H2,1-3H3. The van der Waals surface area contributed by atoms with E-state index in [1.165, 1.54) is 12.8 Å². The van der Waals surface area contributed by atoms with E-state index in [9.17, 15) is 4.79 Å². The molecule has 3 saturated carbocycles. The van der Waals surface area contributed by atoms with Crippen molar-refractivity contribution in [3.05, 3.63) is 0 Å². The molecule has 0 amide bonds. The number of rotatable bonds is 0. The van der Waals surface area contributed by atoms with Gasteiger partial charge in [-0.25, -0.2) is 0 Å². The summed E-state index contributed by atoms with van der Waals surface area (Å²) < 4.78 is 5.50. The zero-order valence-electron chi connectivity index (χ0n) is 9.88. The molecule has 1 heterocycles. The van der Waals surface area contributed by atoms with E-state index in [4.69, 9.17) is 4.74 Å². The molecule has 0 aromatic carbocycles. The Kier molecular flexibility index (Phi) is 1.67. The highest BCUT2D eigenvalue weighted by Gasteiger charge is 2.61.